The highest BCUT2D eigenvalue weighted by molar-refractivity contribution is 7.92. The molecule has 0 radical (unpaired) electrons. The van der Waals surface area contributed by atoms with Crippen molar-refractivity contribution in [1.29, 1.82) is 0 Å². The molecule has 2 aliphatic heterocycles. The maximum atomic E-state index is 13.2. The quantitative estimate of drug-likeness (QED) is 0.811. The van der Waals surface area contributed by atoms with Gasteiger partial charge >= 0.3 is 0 Å². The minimum Gasteiger partial charge on any atom is -0.476 e. The molecule has 2 aromatic rings. The summed E-state index contributed by atoms with van der Waals surface area (Å²) < 4.78 is 31.6. The summed E-state index contributed by atoms with van der Waals surface area (Å²) in [4.78, 5) is 15.0. The number of fused-ring (bicyclic) bond motifs is 2. The molecule has 1 amide bonds. The summed E-state index contributed by atoms with van der Waals surface area (Å²) in [7, 11) is -3.52. The van der Waals surface area contributed by atoms with Crippen LogP contribution in [-0.4, -0.2) is 39.3 Å². The van der Waals surface area contributed by atoms with E-state index in [0.717, 1.165) is 23.9 Å². The SMILES string of the molecule is C[C@@H]1Cc2ccccc2N1C(=O)[C@@H]1CN(S(C)(=O)=O)c2ccccc2O1. The Bertz CT molecular complexity index is 973. The van der Waals surface area contributed by atoms with E-state index in [9.17, 15) is 13.2 Å². The van der Waals surface area contributed by atoms with E-state index in [0.29, 0.717) is 11.4 Å². The zero-order valence-electron chi connectivity index (χ0n) is 14.6. The first-order valence-corrected chi connectivity index (χ1v) is 10.4. The summed E-state index contributed by atoms with van der Waals surface area (Å²) in [5.74, 6) is 0.188. The Labute approximate surface area is 153 Å². The third kappa shape index (κ3) is 2.72. The lowest BCUT2D eigenvalue weighted by atomic mass is 10.1. The standard InChI is InChI=1S/C19H20N2O4S/c1-13-11-14-7-3-4-8-15(14)21(13)19(22)18-12-20(26(2,23)24)16-9-5-6-10-17(16)25-18/h3-10,13,18H,11-12H2,1-2H3/t13-,18+/m1/s1. The van der Waals surface area contributed by atoms with Crippen molar-refractivity contribution in [2.75, 3.05) is 22.0 Å². The molecule has 0 saturated carbocycles. The molecule has 4 rings (SSSR count). The predicted molar refractivity (Wildman–Crippen MR) is 100 cm³/mol. The van der Waals surface area contributed by atoms with Crippen LogP contribution in [-0.2, 0) is 21.2 Å². The minimum absolute atomic E-state index is 0.00681. The Morgan fingerprint density at radius 2 is 1.73 bits per heavy atom. The molecule has 2 aromatic carbocycles. The third-order valence-corrected chi connectivity index (χ3v) is 6.00. The molecular formula is C19H20N2O4S. The smallest absolute Gasteiger partial charge is 0.270 e. The fourth-order valence-corrected chi connectivity index (χ4v) is 4.62. The number of anilines is 2. The highest BCUT2D eigenvalue weighted by atomic mass is 32.2. The van der Waals surface area contributed by atoms with E-state index >= 15 is 0 Å². The molecule has 0 spiro atoms. The first kappa shape index (κ1) is 16.9. The van der Waals surface area contributed by atoms with Crippen LogP contribution in [0.15, 0.2) is 48.5 Å². The van der Waals surface area contributed by atoms with Crippen molar-refractivity contribution in [3.05, 3.63) is 54.1 Å². The third-order valence-electron chi connectivity index (χ3n) is 4.86. The van der Waals surface area contributed by atoms with Crippen LogP contribution in [0.1, 0.15) is 12.5 Å². The molecule has 0 saturated heterocycles. The number of amides is 1. The lowest BCUT2D eigenvalue weighted by Gasteiger charge is -2.36. The van der Waals surface area contributed by atoms with E-state index < -0.39 is 16.1 Å². The molecular weight excluding hydrogens is 352 g/mol. The topological polar surface area (TPSA) is 66.9 Å². The van der Waals surface area contributed by atoms with Crippen molar-refractivity contribution in [1.82, 2.24) is 0 Å². The van der Waals surface area contributed by atoms with Crippen molar-refractivity contribution < 1.29 is 17.9 Å². The number of sulfonamides is 1. The van der Waals surface area contributed by atoms with E-state index in [1.807, 2.05) is 31.2 Å². The molecule has 7 heteroatoms. The summed E-state index contributed by atoms with van der Waals surface area (Å²) in [5.41, 5.74) is 2.46. The van der Waals surface area contributed by atoms with Gasteiger partial charge in [0.2, 0.25) is 10.0 Å². The first-order valence-electron chi connectivity index (χ1n) is 8.50. The van der Waals surface area contributed by atoms with Gasteiger partial charge in [0.25, 0.3) is 5.91 Å². The molecule has 2 heterocycles. The van der Waals surface area contributed by atoms with Crippen molar-refractivity contribution in [2.24, 2.45) is 0 Å². The number of carbonyl (C=O) groups is 1. The second kappa shape index (κ2) is 6.02. The molecule has 0 bridgehead atoms. The largest absolute Gasteiger partial charge is 0.476 e. The Morgan fingerprint density at radius 1 is 1.08 bits per heavy atom. The average Bonchev–Trinajstić information content (AvgIpc) is 2.95. The monoisotopic (exact) mass is 372 g/mol. The summed E-state index contributed by atoms with van der Waals surface area (Å²) in [6.45, 7) is 1.96. The second-order valence-electron chi connectivity index (χ2n) is 6.76. The zero-order valence-corrected chi connectivity index (χ0v) is 15.4. The number of hydrogen-bond donors (Lipinski definition) is 0. The highest BCUT2D eigenvalue weighted by Gasteiger charge is 2.40. The Balaban J connectivity index is 1.70. The van der Waals surface area contributed by atoms with Gasteiger partial charge in [0, 0.05) is 11.7 Å². The molecule has 0 fully saturated rings. The van der Waals surface area contributed by atoms with E-state index in [1.165, 1.54) is 4.31 Å². The molecule has 136 valence electrons. The van der Waals surface area contributed by atoms with Crippen LogP contribution >= 0.6 is 0 Å². The summed E-state index contributed by atoms with van der Waals surface area (Å²) in [6.07, 6.45) is 1.04. The molecule has 0 aliphatic carbocycles. The lowest BCUT2D eigenvalue weighted by Crippen LogP contribution is -2.53. The lowest BCUT2D eigenvalue weighted by molar-refractivity contribution is -0.125. The van der Waals surface area contributed by atoms with Gasteiger partial charge in [-0.15, -0.1) is 0 Å². The molecule has 0 aromatic heterocycles. The summed E-state index contributed by atoms with van der Waals surface area (Å²) in [5, 5.41) is 0. The van der Waals surface area contributed by atoms with Crippen LogP contribution in [0.5, 0.6) is 5.75 Å². The number of ether oxygens (including phenoxy) is 1. The Kier molecular flexibility index (Phi) is 3.91. The first-order chi connectivity index (χ1) is 12.4. The van der Waals surface area contributed by atoms with Gasteiger partial charge in [-0.3, -0.25) is 9.10 Å². The molecule has 0 N–H and O–H groups in total. The van der Waals surface area contributed by atoms with Gasteiger partial charge in [-0.2, -0.15) is 0 Å². The Morgan fingerprint density at radius 3 is 2.46 bits per heavy atom. The van der Waals surface area contributed by atoms with E-state index in [4.69, 9.17) is 4.74 Å². The van der Waals surface area contributed by atoms with Gasteiger partial charge < -0.3 is 9.64 Å². The zero-order chi connectivity index (χ0) is 18.5. The van der Waals surface area contributed by atoms with Crippen molar-refractivity contribution in [3.8, 4) is 5.75 Å². The van der Waals surface area contributed by atoms with Crippen LogP contribution in [0.3, 0.4) is 0 Å². The van der Waals surface area contributed by atoms with Crippen molar-refractivity contribution in [2.45, 2.75) is 25.5 Å². The van der Waals surface area contributed by atoms with Gasteiger partial charge in [-0.1, -0.05) is 30.3 Å². The van der Waals surface area contributed by atoms with Crippen LogP contribution in [0.25, 0.3) is 0 Å². The highest BCUT2D eigenvalue weighted by Crippen LogP contribution is 2.37. The number of hydrogen-bond acceptors (Lipinski definition) is 4. The number of carbonyl (C=O) groups excluding carboxylic acids is 1. The van der Waals surface area contributed by atoms with Crippen LogP contribution in [0.2, 0.25) is 0 Å². The van der Waals surface area contributed by atoms with E-state index in [-0.39, 0.29) is 18.5 Å². The second-order valence-corrected chi connectivity index (χ2v) is 8.67. The molecule has 2 aliphatic rings. The predicted octanol–water partition coefficient (Wildman–Crippen LogP) is 2.19. The number of para-hydroxylation sites is 3. The molecule has 0 unspecified atom stereocenters. The van der Waals surface area contributed by atoms with Crippen molar-refractivity contribution in [3.63, 3.8) is 0 Å². The Hall–Kier alpha value is -2.54. The summed E-state index contributed by atoms with van der Waals surface area (Å²) in [6, 6.07) is 14.7. The van der Waals surface area contributed by atoms with Crippen molar-refractivity contribution >= 4 is 27.3 Å². The van der Waals surface area contributed by atoms with Crippen LogP contribution in [0, 0.1) is 0 Å². The van der Waals surface area contributed by atoms with Gasteiger partial charge in [0.15, 0.2) is 6.10 Å². The van der Waals surface area contributed by atoms with Gasteiger partial charge in [-0.05, 0) is 37.1 Å². The maximum absolute atomic E-state index is 13.2. The van der Waals surface area contributed by atoms with Gasteiger partial charge in [0.05, 0.1) is 18.5 Å². The van der Waals surface area contributed by atoms with E-state index in [1.54, 1.807) is 29.2 Å². The number of rotatable bonds is 2. The fourth-order valence-electron chi connectivity index (χ4n) is 3.70. The van der Waals surface area contributed by atoms with Crippen LogP contribution in [0.4, 0.5) is 11.4 Å². The maximum Gasteiger partial charge on any atom is 0.270 e. The normalized spacial score (nSPS) is 21.8. The number of benzene rings is 2. The van der Waals surface area contributed by atoms with E-state index in [2.05, 4.69) is 0 Å². The van der Waals surface area contributed by atoms with Gasteiger partial charge in [-0.25, -0.2) is 8.42 Å². The van der Waals surface area contributed by atoms with Crippen LogP contribution < -0.4 is 13.9 Å². The molecule has 2 atom stereocenters. The molecule has 26 heavy (non-hydrogen) atoms. The average molecular weight is 372 g/mol. The minimum atomic E-state index is -3.52. The fraction of sp³-hybridized carbons (Fsp3) is 0.316. The summed E-state index contributed by atoms with van der Waals surface area (Å²) >= 11 is 0. The number of nitrogens with zero attached hydrogens (tertiary/aromatic N) is 2. The molecule has 6 nitrogen and oxygen atoms in total. The van der Waals surface area contributed by atoms with Gasteiger partial charge in [0.1, 0.15) is 5.75 Å².